The van der Waals surface area contributed by atoms with Crippen molar-refractivity contribution in [3.05, 3.63) is 28.3 Å². The monoisotopic (exact) mass is 320 g/mol. The Kier molecular flexibility index (Phi) is 4.71. The summed E-state index contributed by atoms with van der Waals surface area (Å²) in [7, 11) is 1.46. The highest BCUT2D eigenvalue weighted by Crippen LogP contribution is 2.39. The first-order valence-corrected chi connectivity index (χ1v) is 8.39. The van der Waals surface area contributed by atoms with Crippen LogP contribution in [0.15, 0.2) is 18.2 Å². The van der Waals surface area contributed by atoms with Crippen LogP contribution in [0, 0.1) is 16.0 Å². The molecule has 2 fully saturated rings. The molecule has 1 heterocycles. The molecule has 23 heavy (non-hydrogen) atoms. The first-order valence-electron chi connectivity index (χ1n) is 8.39. The lowest BCUT2D eigenvalue weighted by Crippen LogP contribution is -2.42. The number of aliphatic hydroxyl groups excluding tert-OH is 1. The highest BCUT2D eigenvalue weighted by molar-refractivity contribution is 5.60. The average Bonchev–Trinajstić information content (AvgIpc) is 3.04. The summed E-state index contributed by atoms with van der Waals surface area (Å²) in [5.41, 5.74) is 0.942. The molecule has 1 aromatic rings. The number of nitro groups is 1. The van der Waals surface area contributed by atoms with Gasteiger partial charge in [0.05, 0.1) is 18.1 Å². The molecule has 0 amide bonds. The van der Waals surface area contributed by atoms with E-state index in [0.29, 0.717) is 17.7 Å². The highest BCUT2D eigenvalue weighted by atomic mass is 16.6. The van der Waals surface area contributed by atoms with Crippen molar-refractivity contribution in [3.63, 3.8) is 0 Å². The Hall–Kier alpha value is -1.82. The molecule has 1 aliphatic carbocycles. The Balaban J connectivity index is 1.86. The van der Waals surface area contributed by atoms with Gasteiger partial charge in [-0.3, -0.25) is 10.1 Å². The van der Waals surface area contributed by atoms with Gasteiger partial charge in [-0.1, -0.05) is 12.8 Å². The van der Waals surface area contributed by atoms with Gasteiger partial charge in [-0.15, -0.1) is 0 Å². The van der Waals surface area contributed by atoms with Gasteiger partial charge in [0.2, 0.25) is 0 Å². The van der Waals surface area contributed by atoms with Crippen molar-refractivity contribution >= 4 is 11.4 Å². The number of anilines is 1. The molecular weight excluding hydrogens is 296 g/mol. The minimum atomic E-state index is -0.422. The van der Waals surface area contributed by atoms with Crippen LogP contribution in [0.5, 0.6) is 5.75 Å². The number of benzene rings is 1. The van der Waals surface area contributed by atoms with Gasteiger partial charge in [0.15, 0.2) is 5.75 Å². The minimum absolute atomic E-state index is 0.00954. The Bertz CT molecular complexity index is 578. The topological polar surface area (TPSA) is 75.8 Å². The van der Waals surface area contributed by atoms with Gasteiger partial charge in [0, 0.05) is 36.3 Å². The third-order valence-corrected chi connectivity index (χ3v) is 5.27. The van der Waals surface area contributed by atoms with Crippen molar-refractivity contribution in [3.8, 4) is 5.75 Å². The molecule has 1 N–H and O–H groups in total. The highest BCUT2D eigenvalue weighted by Gasteiger charge is 2.37. The normalized spacial score (nSPS) is 27.9. The van der Waals surface area contributed by atoms with Crippen LogP contribution >= 0.6 is 0 Å². The van der Waals surface area contributed by atoms with Crippen molar-refractivity contribution in [2.45, 2.75) is 50.7 Å². The van der Waals surface area contributed by atoms with E-state index in [1.807, 2.05) is 0 Å². The second-order valence-corrected chi connectivity index (χ2v) is 6.53. The fourth-order valence-corrected chi connectivity index (χ4v) is 4.14. The predicted octanol–water partition coefficient (Wildman–Crippen LogP) is 3.12. The molecular formula is C17H24N2O4. The summed E-state index contributed by atoms with van der Waals surface area (Å²) in [5, 5.41) is 21.4. The lowest BCUT2D eigenvalue weighted by Gasteiger charge is -2.38. The molecule has 0 bridgehead atoms. The molecule has 2 aliphatic rings. The number of rotatable bonds is 4. The first-order chi connectivity index (χ1) is 11.1. The van der Waals surface area contributed by atoms with Crippen LogP contribution < -0.4 is 9.64 Å². The summed E-state index contributed by atoms with van der Waals surface area (Å²) in [5.74, 6) is 0.592. The molecule has 1 aliphatic heterocycles. The number of aliphatic hydroxyl groups is 1. The lowest BCUT2D eigenvalue weighted by molar-refractivity contribution is -0.385. The van der Waals surface area contributed by atoms with Gasteiger partial charge in [0.25, 0.3) is 0 Å². The number of nitrogens with zero attached hydrogens (tertiary/aromatic N) is 2. The maximum Gasteiger partial charge on any atom is 0.311 e. The number of ether oxygens (including phenoxy) is 1. The van der Waals surface area contributed by atoms with Crippen molar-refractivity contribution in [2.24, 2.45) is 5.92 Å². The molecule has 3 rings (SSSR count). The summed E-state index contributed by atoms with van der Waals surface area (Å²) < 4.78 is 5.19. The zero-order valence-corrected chi connectivity index (χ0v) is 13.5. The van der Waals surface area contributed by atoms with E-state index < -0.39 is 4.92 Å². The smallest absolute Gasteiger partial charge is 0.311 e. The number of hydrogen-bond donors (Lipinski definition) is 1. The summed E-state index contributed by atoms with van der Waals surface area (Å²) >= 11 is 0. The first kappa shape index (κ1) is 16.1. The molecule has 0 radical (unpaired) electrons. The molecule has 6 nitrogen and oxygen atoms in total. The number of nitro benzene ring substituents is 1. The van der Waals surface area contributed by atoms with E-state index in [-0.39, 0.29) is 11.8 Å². The Labute approximate surface area is 136 Å². The molecule has 0 aromatic heterocycles. The average molecular weight is 320 g/mol. The minimum Gasteiger partial charge on any atom is -0.490 e. The SMILES string of the molecule is COc1cc(N2CCC[C@@H]2[C@H]2CCCC[C@H]2O)ccc1[N+](=O)[O-]. The third kappa shape index (κ3) is 3.13. The van der Waals surface area contributed by atoms with Gasteiger partial charge in [-0.2, -0.15) is 0 Å². The second kappa shape index (κ2) is 6.74. The maximum atomic E-state index is 11.0. The van der Waals surface area contributed by atoms with Crippen LogP contribution in [-0.4, -0.2) is 35.8 Å². The van der Waals surface area contributed by atoms with Crippen LogP contribution in [0.25, 0.3) is 0 Å². The number of methoxy groups -OCH3 is 1. The molecule has 0 spiro atoms. The Morgan fingerprint density at radius 3 is 2.74 bits per heavy atom. The molecule has 1 aromatic carbocycles. The second-order valence-electron chi connectivity index (χ2n) is 6.53. The zero-order valence-electron chi connectivity index (χ0n) is 13.5. The van der Waals surface area contributed by atoms with Crippen molar-refractivity contribution in [2.75, 3.05) is 18.6 Å². The lowest BCUT2D eigenvalue weighted by atomic mass is 9.80. The van der Waals surface area contributed by atoms with E-state index in [9.17, 15) is 15.2 Å². The molecule has 126 valence electrons. The fraction of sp³-hybridized carbons (Fsp3) is 0.647. The molecule has 1 saturated heterocycles. The van der Waals surface area contributed by atoms with Crippen LogP contribution in [0.1, 0.15) is 38.5 Å². The summed E-state index contributed by atoms with van der Waals surface area (Å²) in [4.78, 5) is 12.9. The largest absolute Gasteiger partial charge is 0.490 e. The van der Waals surface area contributed by atoms with Gasteiger partial charge in [0.1, 0.15) is 0 Å². The van der Waals surface area contributed by atoms with E-state index in [1.54, 1.807) is 12.1 Å². The number of hydrogen-bond acceptors (Lipinski definition) is 5. The fourth-order valence-electron chi connectivity index (χ4n) is 4.14. The summed E-state index contributed by atoms with van der Waals surface area (Å²) in [6.45, 7) is 0.925. The van der Waals surface area contributed by atoms with Crippen molar-refractivity contribution in [1.29, 1.82) is 0 Å². The van der Waals surface area contributed by atoms with Crippen LogP contribution in [0.3, 0.4) is 0 Å². The van der Waals surface area contributed by atoms with Crippen molar-refractivity contribution < 1.29 is 14.8 Å². The summed E-state index contributed by atoms with van der Waals surface area (Å²) in [6.07, 6.45) is 6.17. The van der Waals surface area contributed by atoms with Gasteiger partial charge >= 0.3 is 5.69 Å². The van der Waals surface area contributed by atoms with Crippen LogP contribution in [0.2, 0.25) is 0 Å². The quantitative estimate of drug-likeness (QED) is 0.681. The standard InChI is InChI=1S/C17H24N2O4/c1-23-17-11-12(8-9-15(17)19(21)22)18-10-4-6-14(18)13-5-2-3-7-16(13)20/h8-9,11,13-14,16,20H,2-7,10H2,1H3/t13-,14-,16-/m1/s1. The van der Waals surface area contributed by atoms with Crippen molar-refractivity contribution in [1.82, 2.24) is 0 Å². The van der Waals surface area contributed by atoms with E-state index >= 15 is 0 Å². The Morgan fingerprint density at radius 1 is 1.26 bits per heavy atom. The third-order valence-electron chi connectivity index (χ3n) is 5.27. The van der Waals surface area contributed by atoms with E-state index in [2.05, 4.69) is 4.90 Å². The van der Waals surface area contributed by atoms with Gasteiger partial charge < -0.3 is 14.7 Å². The summed E-state index contributed by atoms with van der Waals surface area (Å²) in [6, 6.07) is 5.39. The Morgan fingerprint density at radius 2 is 2.04 bits per heavy atom. The van der Waals surface area contributed by atoms with Crippen LogP contribution in [0.4, 0.5) is 11.4 Å². The molecule has 6 heteroatoms. The molecule has 0 unspecified atom stereocenters. The van der Waals surface area contributed by atoms with E-state index in [0.717, 1.165) is 44.3 Å². The van der Waals surface area contributed by atoms with Crippen LogP contribution in [-0.2, 0) is 0 Å². The predicted molar refractivity (Wildman–Crippen MR) is 88.0 cm³/mol. The zero-order chi connectivity index (χ0) is 16.4. The maximum absolute atomic E-state index is 11.0. The molecule has 1 saturated carbocycles. The van der Waals surface area contributed by atoms with E-state index in [1.165, 1.54) is 19.6 Å². The van der Waals surface area contributed by atoms with Gasteiger partial charge in [-0.05, 0) is 31.7 Å². The van der Waals surface area contributed by atoms with E-state index in [4.69, 9.17) is 4.74 Å². The van der Waals surface area contributed by atoms with Gasteiger partial charge in [-0.25, -0.2) is 0 Å². The molecule has 3 atom stereocenters.